The van der Waals surface area contributed by atoms with E-state index in [0.29, 0.717) is 31.1 Å². The van der Waals surface area contributed by atoms with Gasteiger partial charge in [-0.25, -0.2) is 4.39 Å². The van der Waals surface area contributed by atoms with E-state index in [4.69, 9.17) is 4.74 Å². The van der Waals surface area contributed by atoms with Gasteiger partial charge in [0.1, 0.15) is 11.5 Å². The third-order valence-electron chi connectivity index (χ3n) is 4.35. The number of halogens is 1. The van der Waals surface area contributed by atoms with Gasteiger partial charge in [-0.05, 0) is 31.0 Å². The van der Waals surface area contributed by atoms with Gasteiger partial charge in [0.05, 0.1) is 18.8 Å². The van der Waals surface area contributed by atoms with Crippen LogP contribution < -0.4 is 10.2 Å². The Balaban J connectivity index is 1.59. The zero-order valence-corrected chi connectivity index (χ0v) is 14.3. The molecule has 7 heteroatoms. The minimum atomic E-state index is -0.230. The van der Waals surface area contributed by atoms with Gasteiger partial charge in [0.25, 0.3) is 5.91 Å². The number of carbonyl (C=O) groups is 1. The van der Waals surface area contributed by atoms with Crippen LogP contribution in [-0.2, 0) is 11.3 Å². The summed E-state index contributed by atoms with van der Waals surface area (Å²) in [6, 6.07) is 8.42. The molecule has 0 saturated carbocycles. The smallest absolute Gasteiger partial charge is 0.272 e. The molecule has 134 valence electrons. The molecule has 1 amide bonds. The number of hydrogen-bond donors (Lipinski definition) is 1. The minimum Gasteiger partial charge on any atom is -0.383 e. The molecule has 1 aliphatic heterocycles. The van der Waals surface area contributed by atoms with Crippen molar-refractivity contribution in [2.45, 2.75) is 25.4 Å². The fraction of sp³-hybridized carbons (Fsp3) is 0.444. The first kappa shape index (κ1) is 17.4. The molecule has 1 fully saturated rings. The summed E-state index contributed by atoms with van der Waals surface area (Å²) in [5, 5.41) is 7.27. The number of rotatable bonds is 6. The molecule has 1 N–H and O–H groups in total. The fourth-order valence-corrected chi connectivity index (χ4v) is 3.07. The van der Waals surface area contributed by atoms with E-state index < -0.39 is 0 Å². The Morgan fingerprint density at radius 2 is 2.24 bits per heavy atom. The Labute approximate surface area is 146 Å². The highest BCUT2D eigenvalue weighted by Gasteiger charge is 2.24. The average Bonchev–Trinajstić information content (AvgIpc) is 3.10. The van der Waals surface area contributed by atoms with Crippen molar-refractivity contribution in [3.8, 4) is 0 Å². The fourth-order valence-electron chi connectivity index (χ4n) is 3.07. The Kier molecular flexibility index (Phi) is 5.65. The molecule has 2 heterocycles. The summed E-state index contributed by atoms with van der Waals surface area (Å²) in [6.45, 7) is 2.53. The lowest BCUT2D eigenvalue weighted by Crippen LogP contribution is -2.48. The van der Waals surface area contributed by atoms with E-state index in [0.717, 1.165) is 19.4 Å². The predicted octanol–water partition coefficient (Wildman–Crippen LogP) is 2.07. The SMILES string of the molecule is COCCn1ccc(C(=O)N[C@H]2CCCN(c3ccccc3F)C2)n1. The summed E-state index contributed by atoms with van der Waals surface area (Å²) in [7, 11) is 1.63. The van der Waals surface area contributed by atoms with Crippen LogP contribution in [0.1, 0.15) is 23.3 Å². The molecule has 1 aliphatic rings. The summed E-state index contributed by atoms with van der Waals surface area (Å²) >= 11 is 0. The van der Waals surface area contributed by atoms with Crippen LogP contribution in [0.5, 0.6) is 0 Å². The number of para-hydroxylation sites is 1. The van der Waals surface area contributed by atoms with Crippen molar-refractivity contribution in [2.24, 2.45) is 0 Å². The van der Waals surface area contributed by atoms with Crippen molar-refractivity contribution in [2.75, 3.05) is 31.7 Å². The summed E-state index contributed by atoms with van der Waals surface area (Å²) in [5.74, 6) is -0.428. The topological polar surface area (TPSA) is 59.4 Å². The molecule has 2 aromatic rings. The largest absolute Gasteiger partial charge is 0.383 e. The number of piperidine rings is 1. The van der Waals surface area contributed by atoms with Crippen molar-refractivity contribution < 1.29 is 13.9 Å². The number of anilines is 1. The van der Waals surface area contributed by atoms with Crippen LogP contribution in [0.15, 0.2) is 36.5 Å². The number of hydrogen-bond acceptors (Lipinski definition) is 4. The third kappa shape index (κ3) is 4.36. The number of carbonyl (C=O) groups excluding carboxylic acids is 1. The summed E-state index contributed by atoms with van der Waals surface area (Å²) in [4.78, 5) is 14.4. The lowest BCUT2D eigenvalue weighted by Gasteiger charge is -2.34. The maximum Gasteiger partial charge on any atom is 0.272 e. The van der Waals surface area contributed by atoms with Crippen molar-refractivity contribution in [3.63, 3.8) is 0 Å². The normalized spacial score (nSPS) is 17.5. The van der Waals surface area contributed by atoms with Gasteiger partial charge in [0.15, 0.2) is 0 Å². The van der Waals surface area contributed by atoms with Crippen LogP contribution in [0.2, 0.25) is 0 Å². The Morgan fingerprint density at radius 1 is 1.40 bits per heavy atom. The van der Waals surface area contributed by atoms with E-state index in [1.165, 1.54) is 6.07 Å². The molecule has 0 aliphatic carbocycles. The second-order valence-corrected chi connectivity index (χ2v) is 6.17. The molecule has 0 spiro atoms. The van der Waals surface area contributed by atoms with Crippen LogP contribution in [0, 0.1) is 5.82 Å². The van der Waals surface area contributed by atoms with E-state index >= 15 is 0 Å². The quantitative estimate of drug-likeness (QED) is 0.870. The molecule has 1 aromatic carbocycles. The standard InChI is InChI=1S/C18H23FN4O2/c1-25-12-11-23-10-8-16(21-23)18(24)20-14-5-4-9-22(13-14)17-7-3-2-6-15(17)19/h2-3,6-8,10,14H,4-5,9,11-13H2,1H3,(H,20,24)/t14-/m0/s1. The number of ether oxygens (including phenoxy) is 1. The van der Waals surface area contributed by atoms with Crippen LogP contribution in [-0.4, -0.2) is 48.5 Å². The molecule has 0 radical (unpaired) electrons. The Hall–Kier alpha value is -2.41. The first-order valence-corrected chi connectivity index (χ1v) is 8.50. The van der Waals surface area contributed by atoms with Crippen molar-refractivity contribution >= 4 is 11.6 Å². The van der Waals surface area contributed by atoms with Gasteiger partial charge in [0, 0.05) is 32.4 Å². The first-order chi connectivity index (χ1) is 12.2. The zero-order valence-electron chi connectivity index (χ0n) is 14.3. The summed E-state index contributed by atoms with van der Waals surface area (Å²) in [6.07, 6.45) is 3.54. The molecular weight excluding hydrogens is 323 g/mol. The number of nitrogens with one attached hydrogen (secondary N) is 1. The van der Waals surface area contributed by atoms with Crippen molar-refractivity contribution in [1.82, 2.24) is 15.1 Å². The van der Waals surface area contributed by atoms with Crippen LogP contribution in [0.4, 0.5) is 10.1 Å². The maximum atomic E-state index is 14.0. The van der Waals surface area contributed by atoms with Gasteiger partial charge >= 0.3 is 0 Å². The van der Waals surface area contributed by atoms with Crippen molar-refractivity contribution in [1.29, 1.82) is 0 Å². The first-order valence-electron chi connectivity index (χ1n) is 8.50. The Morgan fingerprint density at radius 3 is 3.04 bits per heavy atom. The van der Waals surface area contributed by atoms with E-state index in [-0.39, 0.29) is 17.8 Å². The maximum absolute atomic E-state index is 14.0. The van der Waals surface area contributed by atoms with Gasteiger partial charge in [-0.1, -0.05) is 12.1 Å². The highest BCUT2D eigenvalue weighted by molar-refractivity contribution is 5.92. The second kappa shape index (κ2) is 8.11. The molecule has 1 saturated heterocycles. The van der Waals surface area contributed by atoms with Gasteiger partial charge < -0.3 is 15.0 Å². The molecule has 1 aromatic heterocycles. The number of benzene rings is 1. The van der Waals surface area contributed by atoms with Gasteiger partial charge in [-0.15, -0.1) is 0 Å². The van der Waals surface area contributed by atoms with E-state index in [1.54, 1.807) is 36.2 Å². The lowest BCUT2D eigenvalue weighted by atomic mass is 10.0. The van der Waals surface area contributed by atoms with E-state index in [2.05, 4.69) is 10.4 Å². The number of aromatic nitrogens is 2. The third-order valence-corrected chi connectivity index (χ3v) is 4.35. The van der Waals surface area contributed by atoms with Gasteiger partial charge in [-0.2, -0.15) is 5.10 Å². The van der Waals surface area contributed by atoms with Gasteiger partial charge in [0.2, 0.25) is 0 Å². The second-order valence-electron chi connectivity index (χ2n) is 6.17. The highest BCUT2D eigenvalue weighted by atomic mass is 19.1. The predicted molar refractivity (Wildman–Crippen MR) is 93.2 cm³/mol. The summed E-state index contributed by atoms with van der Waals surface area (Å²) in [5.41, 5.74) is 0.976. The van der Waals surface area contributed by atoms with Crippen molar-refractivity contribution in [3.05, 3.63) is 48.0 Å². The highest BCUT2D eigenvalue weighted by Crippen LogP contribution is 2.23. The number of amides is 1. The molecule has 0 bridgehead atoms. The van der Waals surface area contributed by atoms with Crippen LogP contribution in [0.3, 0.4) is 0 Å². The molecule has 25 heavy (non-hydrogen) atoms. The lowest BCUT2D eigenvalue weighted by molar-refractivity contribution is 0.0926. The molecule has 6 nitrogen and oxygen atoms in total. The molecule has 0 unspecified atom stereocenters. The minimum absolute atomic E-state index is 0.0232. The number of methoxy groups -OCH3 is 1. The molecular formula is C18H23FN4O2. The number of nitrogens with zero attached hydrogens (tertiary/aromatic N) is 3. The van der Waals surface area contributed by atoms with Gasteiger partial charge in [-0.3, -0.25) is 9.48 Å². The molecule has 3 rings (SSSR count). The van der Waals surface area contributed by atoms with Crippen LogP contribution in [0.25, 0.3) is 0 Å². The van der Waals surface area contributed by atoms with E-state index in [1.807, 2.05) is 11.0 Å². The Bertz CT molecular complexity index is 719. The monoisotopic (exact) mass is 346 g/mol. The zero-order chi connectivity index (χ0) is 17.6. The average molecular weight is 346 g/mol. The van der Waals surface area contributed by atoms with E-state index in [9.17, 15) is 9.18 Å². The van der Waals surface area contributed by atoms with Crippen LogP contribution >= 0.6 is 0 Å². The summed E-state index contributed by atoms with van der Waals surface area (Å²) < 4.78 is 20.7. The molecule has 1 atom stereocenters.